The van der Waals surface area contributed by atoms with Crippen LogP contribution in [0.5, 0.6) is 0 Å². The number of benzene rings is 2. The summed E-state index contributed by atoms with van der Waals surface area (Å²) in [6.07, 6.45) is 0. The smallest absolute Gasteiger partial charge is 0.273 e. The van der Waals surface area contributed by atoms with E-state index >= 15 is 0 Å². The molecule has 0 spiro atoms. The number of hydrogen-bond donors (Lipinski definition) is 0. The molecule has 1 aromatic heterocycles. The third-order valence-electron chi connectivity index (χ3n) is 6.61. The van der Waals surface area contributed by atoms with E-state index in [0.29, 0.717) is 24.3 Å². The van der Waals surface area contributed by atoms with E-state index in [1.165, 1.54) is 0 Å². The molecule has 164 valence electrons. The highest BCUT2D eigenvalue weighted by molar-refractivity contribution is 5.99. The average Bonchev–Trinajstić information content (AvgIpc) is 3.24. The summed E-state index contributed by atoms with van der Waals surface area (Å²) in [5.74, 6) is 0.280. The molecule has 0 bridgehead atoms. The average molecular weight is 429 g/mol. The van der Waals surface area contributed by atoms with Gasteiger partial charge in [0.25, 0.3) is 11.8 Å². The van der Waals surface area contributed by atoms with Gasteiger partial charge in [0.15, 0.2) is 0 Å². The van der Waals surface area contributed by atoms with E-state index in [1.54, 1.807) is 4.68 Å². The molecule has 6 heteroatoms. The highest BCUT2D eigenvalue weighted by Crippen LogP contribution is 2.43. The maximum Gasteiger partial charge on any atom is 0.273 e. The van der Waals surface area contributed by atoms with Crippen LogP contribution in [0.4, 0.5) is 0 Å². The lowest BCUT2D eigenvalue weighted by molar-refractivity contribution is 0.00829. The van der Waals surface area contributed by atoms with Crippen LogP contribution in [0.2, 0.25) is 0 Å². The van der Waals surface area contributed by atoms with Crippen molar-refractivity contribution in [2.45, 2.75) is 39.8 Å². The SMILES string of the molecule is Cc1ccc(C(=O)N2CC(N3C(=O)c4c(c(C)nn4-c4ccccc4)C3C(C)C)C2)cc1. The molecular formula is C26H28N4O2. The van der Waals surface area contributed by atoms with Gasteiger partial charge in [-0.2, -0.15) is 5.10 Å². The Morgan fingerprint density at radius 1 is 1.00 bits per heavy atom. The predicted octanol–water partition coefficient (Wildman–Crippen LogP) is 4.17. The van der Waals surface area contributed by atoms with Gasteiger partial charge in [-0.1, -0.05) is 49.7 Å². The van der Waals surface area contributed by atoms with Crippen LogP contribution in [0.1, 0.15) is 57.6 Å². The van der Waals surface area contributed by atoms with Gasteiger partial charge in [0.1, 0.15) is 5.69 Å². The molecule has 1 atom stereocenters. The summed E-state index contributed by atoms with van der Waals surface area (Å²) in [7, 11) is 0. The molecule has 3 heterocycles. The predicted molar refractivity (Wildman–Crippen MR) is 123 cm³/mol. The van der Waals surface area contributed by atoms with Crippen LogP contribution in [-0.4, -0.2) is 50.5 Å². The minimum absolute atomic E-state index is 0.00980. The van der Waals surface area contributed by atoms with Gasteiger partial charge in [-0.3, -0.25) is 9.59 Å². The van der Waals surface area contributed by atoms with Crippen molar-refractivity contribution in [3.8, 4) is 5.69 Å². The quantitative estimate of drug-likeness (QED) is 0.627. The Balaban J connectivity index is 1.42. The fourth-order valence-corrected chi connectivity index (χ4v) is 4.97. The van der Waals surface area contributed by atoms with Gasteiger partial charge < -0.3 is 9.80 Å². The fourth-order valence-electron chi connectivity index (χ4n) is 4.97. The summed E-state index contributed by atoms with van der Waals surface area (Å²) in [6.45, 7) is 9.40. The van der Waals surface area contributed by atoms with Gasteiger partial charge in [-0.15, -0.1) is 0 Å². The highest BCUT2D eigenvalue weighted by Gasteiger charge is 2.49. The van der Waals surface area contributed by atoms with Crippen LogP contribution in [0.15, 0.2) is 54.6 Å². The number of aryl methyl sites for hydroxylation is 2. The van der Waals surface area contributed by atoms with Crippen molar-refractivity contribution in [1.29, 1.82) is 0 Å². The second-order valence-electron chi connectivity index (χ2n) is 9.23. The summed E-state index contributed by atoms with van der Waals surface area (Å²) >= 11 is 0. The minimum Gasteiger partial charge on any atom is -0.334 e. The molecule has 0 saturated carbocycles. The van der Waals surface area contributed by atoms with Crippen molar-refractivity contribution in [2.75, 3.05) is 13.1 Å². The number of amides is 2. The molecule has 32 heavy (non-hydrogen) atoms. The van der Waals surface area contributed by atoms with E-state index in [-0.39, 0.29) is 29.8 Å². The number of para-hydroxylation sites is 1. The van der Waals surface area contributed by atoms with Crippen LogP contribution in [0.3, 0.4) is 0 Å². The summed E-state index contributed by atoms with van der Waals surface area (Å²) in [5, 5.41) is 4.72. The molecule has 2 aliphatic rings. The normalized spacial score (nSPS) is 18.3. The molecule has 0 N–H and O–H groups in total. The first kappa shape index (κ1) is 20.5. The lowest BCUT2D eigenvalue weighted by Gasteiger charge is -2.47. The summed E-state index contributed by atoms with van der Waals surface area (Å²) in [4.78, 5) is 30.4. The lowest BCUT2D eigenvalue weighted by Crippen LogP contribution is -2.62. The number of carbonyl (C=O) groups is 2. The molecule has 5 rings (SSSR count). The number of nitrogens with zero attached hydrogens (tertiary/aromatic N) is 4. The van der Waals surface area contributed by atoms with Crippen molar-refractivity contribution >= 4 is 11.8 Å². The van der Waals surface area contributed by atoms with Crippen molar-refractivity contribution < 1.29 is 9.59 Å². The molecular weight excluding hydrogens is 400 g/mol. The maximum atomic E-state index is 13.7. The highest BCUT2D eigenvalue weighted by atomic mass is 16.2. The second-order valence-corrected chi connectivity index (χ2v) is 9.23. The Kier molecular flexibility index (Phi) is 4.88. The topological polar surface area (TPSA) is 58.4 Å². The van der Waals surface area contributed by atoms with Crippen molar-refractivity contribution in [1.82, 2.24) is 19.6 Å². The zero-order valence-corrected chi connectivity index (χ0v) is 18.9. The van der Waals surface area contributed by atoms with E-state index in [2.05, 4.69) is 13.8 Å². The fraction of sp³-hybridized carbons (Fsp3) is 0.346. The molecule has 3 aromatic rings. The molecule has 0 radical (unpaired) electrons. The lowest BCUT2D eigenvalue weighted by atomic mass is 9.94. The third-order valence-corrected chi connectivity index (χ3v) is 6.61. The number of carbonyl (C=O) groups excluding carboxylic acids is 2. The summed E-state index contributed by atoms with van der Waals surface area (Å²) < 4.78 is 1.79. The minimum atomic E-state index is -0.0309. The van der Waals surface area contributed by atoms with Crippen LogP contribution < -0.4 is 0 Å². The zero-order chi connectivity index (χ0) is 22.6. The molecule has 1 fully saturated rings. The van der Waals surface area contributed by atoms with Gasteiger partial charge in [0.05, 0.1) is 23.5 Å². The van der Waals surface area contributed by atoms with E-state index in [1.807, 2.05) is 78.2 Å². The maximum absolute atomic E-state index is 13.7. The largest absolute Gasteiger partial charge is 0.334 e. The van der Waals surface area contributed by atoms with Gasteiger partial charge in [0, 0.05) is 24.2 Å². The van der Waals surface area contributed by atoms with Gasteiger partial charge >= 0.3 is 0 Å². The Morgan fingerprint density at radius 3 is 2.28 bits per heavy atom. The molecule has 2 amide bonds. The van der Waals surface area contributed by atoms with Crippen LogP contribution in [0.25, 0.3) is 5.69 Å². The first-order valence-corrected chi connectivity index (χ1v) is 11.2. The van der Waals surface area contributed by atoms with E-state index in [0.717, 1.165) is 22.5 Å². The first-order valence-electron chi connectivity index (χ1n) is 11.2. The molecule has 1 unspecified atom stereocenters. The molecule has 2 aromatic carbocycles. The standard InChI is InChI=1S/C26H28N4O2/c1-16(2)23-22-18(4)27-30(20-8-6-5-7-9-20)24(22)26(32)29(23)21-14-28(15-21)25(31)19-12-10-17(3)11-13-19/h5-13,16,21,23H,14-15H2,1-4H3. The number of likely N-dealkylation sites (tertiary alicyclic amines) is 1. The molecule has 0 aliphatic carbocycles. The Bertz CT molecular complexity index is 1170. The monoisotopic (exact) mass is 428 g/mol. The number of fused-ring (bicyclic) bond motifs is 1. The van der Waals surface area contributed by atoms with Crippen molar-refractivity contribution in [2.24, 2.45) is 5.92 Å². The molecule has 1 saturated heterocycles. The van der Waals surface area contributed by atoms with Gasteiger partial charge in [-0.05, 0) is 44.0 Å². The van der Waals surface area contributed by atoms with Crippen LogP contribution >= 0.6 is 0 Å². The van der Waals surface area contributed by atoms with Crippen LogP contribution in [0, 0.1) is 19.8 Å². The Labute approximate surface area is 188 Å². The number of hydrogen-bond acceptors (Lipinski definition) is 3. The van der Waals surface area contributed by atoms with Gasteiger partial charge in [0.2, 0.25) is 0 Å². The third kappa shape index (κ3) is 3.13. The van der Waals surface area contributed by atoms with E-state index < -0.39 is 0 Å². The summed E-state index contributed by atoms with van der Waals surface area (Å²) in [5.41, 5.74) is 5.30. The van der Waals surface area contributed by atoms with E-state index in [4.69, 9.17) is 5.10 Å². The van der Waals surface area contributed by atoms with Crippen LogP contribution in [-0.2, 0) is 0 Å². The second kappa shape index (κ2) is 7.62. The molecule has 2 aliphatic heterocycles. The zero-order valence-electron chi connectivity index (χ0n) is 18.9. The number of rotatable bonds is 4. The Morgan fingerprint density at radius 2 is 1.66 bits per heavy atom. The van der Waals surface area contributed by atoms with Gasteiger partial charge in [-0.25, -0.2) is 4.68 Å². The van der Waals surface area contributed by atoms with Crippen molar-refractivity contribution in [3.63, 3.8) is 0 Å². The molecule has 6 nitrogen and oxygen atoms in total. The summed E-state index contributed by atoms with van der Waals surface area (Å²) in [6, 6.07) is 17.4. The Hall–Kier alpha value is -3.41. The number of aromatic nitrogens is 2. The first-order chi connectivity index (χ1) is 15.4. The van der Waals surface area contributed by atoms with Crippen molar-refractivity contribution in [3.05, 3.63) is 82.7 Å². The van der Waals surface area contributed by atoms with E-state index in [9.17, 15) is 9.59 Å².